The Balaban J connectivity index is 1.41. The smallest absolute Gasteiger partial charge is 0.250 e. The Morgan fingerprint density at radius 1 is 1.04 bits per heavy atom. The number of anilines is 2. The van der Waals surface area contributed by atoms with E-state index in [1.54, 1.807) is 0 Å². The fourth-order valence-electron chi connectivity index (χ4n) is 4.44. The summed E-state index contributed by atoms with van der Waals surface area (Å²) < 4.78 is 0. The zero-order valence-corrected chi connectivity index (χ0v) is 15.5. The van der Waals surface area contributed by atoms with Crippen LogP contribution >= 0.6 is 0 Å². The van der Waals surface area contributed by atoms with Crippen LogP contribution in [0.3, 0.4) is 0 Å². The summed E-state index contributed by atoms with van der Waals surface area (Å²) in [5, 5.41) is 6.48. The lowest BCUT2D eigenvalue weighted by Crippen LogP contribution is -2.60. The van der Waals surface area contributed by atoms with Gasteiger partial charge in [-0.25, -0.2) is 0 Å². The van der Waals surface area contributed by atoms with E-state index in [1.165, 1.54) is 19.3 Å². The van der Waals surface area contributed by atoms with Crippen LogP contribution in [0.4, 0.5) is 11.4 Å². The van der Waals surface area contributed by atoms with Gasteiger partial charge in [0.1, 0.15) is 5.54 Å². The molecule has 2 N–H and O–H groups in total. The second-order valence-corrected chi connectivity index (χ2v) is 7.80. The number of benzene rings is 1. The van der Waals surface area contributed by atoms with Crippen molar-refractivity contribution in [3.63, 3.8) is 0 Å². The van der Waals surface area contributed by atoms with Gasteiger partial charge in [0.25, 0.3) is 0 Å². The van der Waals surface area contributed by atoms with Crippen LogP contribution in [0, 0.1) is 0 Å². The number of hydrogen-bond donors (Lipinski definition) is 2. The van der Waals surface area contributed by atoms with Crippen LogP contribution in [0.25, 0.3) is 0 Å². The molecule has 0 saturated carbocycles. The van der Waals surface area contributed by atoms with Crippen molar-refractivity contribution in [2.24, 2.45) is 0 Å². The van der Waals surface area contributed by atoms with E-state index in [4.69, 9.17) is 0 Å². The number of piperidine rings is 2. The first kappa shape index (κ1) is 17.3. The minimum absolute atomic E-state index is 0.0207. The zero-order chi connectivity index (χ0) is 18.1. The van der Waals surface area contributed by atoms with Crippen LogP contribution < -0.4 is 10.6 Å². The Morgan fingerprint density at radius 3 is 2.38 bits per heavy atom. The minimum atomic E-state index is -0.598. The molecule has 3 aliphatic heterocycles. The molecule has 0 radical (unpaired) electrons. The zero-order valence-electron chi connectivity index (χ0n) is 15.5. The highest BCUT2D eigenvalue weighted by atomic mass is 16.2. The fraction of sp³-hybridized carbons (Fsp3) is 0.600. The second kappa shape index (κ2) is 6.91. The molecule has 0 bridgehead atoms. The lowest BCUT2D eigenvalue weighted by molar-refractivity contribution is -0.139. The molecule has 2 amide bonds. The molecule has 1 spiro atoms. The normalized spacial score (nSPS) is 23.7. The Labute approximate surface area is 154 Å². The summed E-state index contributed by atoms with van der Waals surface area (Å²) in [4.78, 5) is 29.9. The van der Waals surface area contributed by atoms with E-state index in [9.17, 15) is 9.59 Å². The summed E-state index contributed by atoms with van der Waals surface area (Å²) in [6.07, 6.45) is 4.93. The maximum Gasteiger partial charge on any atom is 0.250 e. The van der Waals surface area contributed by atoms with Gasteiger partial charge in [-0.05, 0) is 57.8 Å². The molecule has 0 aliphatic carbocycles. The molecule has 4 rings (SSSR count). The molecule has 1 atom stereocenters. The van der Waals surface area contributed by atoms with Gasteiger partial charge in [0, 0.05) is 13.1 Å². The number of nitrogens with zero attached hydrogens (tertiary/aromatic N) is 2. The molecule has 0 aromatic heterocycles. The summed E-state index contributed by atoms with van der Waals surface area (Å²) in [6, 6.07) is 7.73. The van der Waals surface area contributed by atoms with Gasteiger partial charge in [-0.3, -0.25) is 14.5 Å². The maximum atomic E-state index is 12.9. The predicted octanol–water partition coefficient (Wildman–Crippen LogP) is 2.29. The third kappa shape index (κ3) is 3.07. The number of carbonyl (C=O) groups excluding carboxylic acids is 2. The van der Waals surface area contributed by atoms with E-state index in [0.29, 0.717) is 25.9 Å². The monoisotopic (exact) mass is 356 g/mol. The van der Waals surface area contributed by atoms with E-state index >= 15 is 0 Å². The first-order valence-electron chi connectivity index (χ1n) is 9.81. The van der Waals surface area contributed by atoms with E-state index in [-0.39, 0.29) is 17.9 Å². The van der Waals surface area contributed by atoms with Crippen LogP contribution in [-0.2, 0) is 9.59 Å². The molecule has 3 heterocycles. The quantitative estimate of drug-likeness (QED) is 0.853. The number of rotatable bonds is 2. The van der Waals surface area contributed by atoms with Crippen molar-refractivity contribution in [1.82, 2.24) is 9.80 Å². The van der Waals surface area contributed by atoms with Gasteiger partial charge in [-0.2, -0.15) is 0 Å². The van der Waals surface area contributed by atoms with E-state index in [0.717, 1.165) is 24.5 Å². The number of para-hydroxylation sites is 2. The molecule has 26 heavy (non-hydrogen) atoms. The SMILES string of the molecule is C[C@@H](C(=O)N1CCC2(CC1)Nc1ccccc1NC2=O)N1CCCCC1. The number of hydrogen-bond acceptors (Lipinski definition) is 4. The van der Waals surface area contributed by atoms with Crippen molar-refractivity contribution in [1.29, 1.82) is 0 Å². The van der Waals surface area contributed by atoms with Gasteiger partial charge >= 0.3 is 0 Å². The summed E-state index contributed by atoms with van der Waals surface area (Å²) >= 11 is 0. The first-order valence-corrected chi connectivity index (χ1v) is 9.81. The van der Waals surface area contributed by atoms with Crippen LogP contribution in [0.15, 0.2) is 24.3 Å². The van der Waals surface area contributed by atoms with Gasteiger partial charge in [0.15, 0.2) is 0 Å². The maximum absolute atomic E-state index is 12.9. The molecule has 1 aromatic rings. The number of amides is 2. The second-order valence-electron chi connectivity index (χ2n) is 7.80. The van der Waals surface area contributed by atoms with Gasteiger partial charge in [0.2, 0.25) is 11.8 Å². The number of carbonyl (C=O) groups is 2. The standard InChI is InChI=1S/C20H28N4O2/c1-15(23-11-5-2-6-12-23)18(25)24-13-9-20(10-14-24)19(26)21-16-7-3-4-8-17(16)22-20/h3-4,7-8,15,22H,2,5-6,9-14H2,1H3,(H,21,26)/t15-/m0/s1. The lowest BCUT2D eigenvalue weighted by atomic mass is 9.84. The van der Waals surface area contributed by atoms with Crippen molar-refractivity contribution in [3.05, 3.63) is 24.3 Å². The first-order chi connectivity index (χ1) is 12.6. The minimum Gasteiger partial charge on any atom is -0.369 e. The molecule has 2 saturated heterocycles. The van der Waals surface area contributed by atoms with Crippen molar-refractivity contribution in [2.45, 2.75) is 50.6 Å². The molecule has 1 aromatic carbocycles. The highest BCUT2D eigenvalue weighted by molar-refractivity contribution is 6.06. The third-order valence-electron chi connectivity index (χ3n) is 6.21. The van der Waals surface area contributed by atoms with Crippen molar-refractivity contribution < 1.29 is 9.59 Å². The Morgan fingerprint density at radius 2 is 1.69 bits per heavy atom. The van der Waals surface area contributed by atoms with Crippen molar-refractivity contribution in [2.75, 3.05) is 36.8 Å². The van der Waals surface area contributed by atoms with E-state index in [1.807, 2.05) is 36.1 Å². The number of likely N-dealkylation sites (tertiary alicyclic amines) is 2. The number of nitrogens with one attached hydrogen (secondary N) is 2. The number of fused-ring (bicyclic) bond motifs is 1. The lowest BCUT2D eigenvalue weighted by Gasteiger charge is -2.45. The van der Waals surface area contributed by atoms with Crippen LogP contribution in [0.5, 0.6) is 0 Å². The van der Waals surface area contributed by atoms with Gasteiger partial charge in [-0.15, -0.1) is 0 Å². The summed E-state index contributed by atoms with van der Waals surface area (Å²) in [5.74, 6) is 0.228. The molecule has 6 heteroatoms. The van der Waals surface area contributed by atoms with Crippen LogP contribution in [0.2, 0.25) is 0 Å². The van der Waals surface area contributed by atoms with Gasteiger partial charge in [-0.1, -0.05) is 18.6 Å². The molecule has 140 valence electrons. The molecular formula is C20H28N4O2. The predicted molar refractivity (Wildman–Crippen MR) is 102 cm³/mol. The molecular weight excluding hydrogens is 328 g/mol. The van der Waals surface area contributed by atoms with Crippen LogP contribution in [-0.4, -0.2) is 59.4 Å². The van der Waals surface area contributed by atoms with E-state index in [2.05, 4.69) is 15.5 Å². The topological polar surface area (TPSA) is 64.7 Å². The van der Waals surface area contributed by atoms with Gasteiger partial charge < -0.3 is 15.5 Å². The fourth-order valence-corrected chi connectivity index (χ4v) is 4.44. The largest absolute Gasteiger partial charge is 0.369 e. The van der Waals surface area contributed by atoms with Crippen molar-refractivity contribution >= 4 is 23.2 Å². The average Bonchev–Trinajstić information content (AvgIpc) is 2.69. The summed E-state index contributed by atoms with van der Waals surface area (Å²) in [7, 11) is 0. The average molecular weight is 356 g/mol. The highest BCUT2D eigenvalue weighted by Crippen LogP contribution is 2.36. The van der Waals surface area contributed by atoms with Crippen LogP contribution in [0.1, 0.15) is 39.0 Å². The molecule has 2 fully saturated rings. The third-order valence-corrected chi connectivity index (χ3v) is 6.21. The molecule has 0 unspecified atom stereocenters. The van der Waals surface area contributed by atoms with E-state index < -0.39 is 5.54 Å². The summed E-state index contributed by atoms with van der Waals surface area (Å²) in [6.45, 7) is 5.32. The molecule has 3 aliphatic rings. The Bertz CT molecular complexity index is 691. The highest BCUT2D eigenvalue weighted by Gasteiger charge is 2.45. The Kier molecular flexibility index (Phi) is 4.61. The summed E-state index contributed by atoms with van der Waals surface area (Å²) in [5.41, 5.74) is 1.20. The molecule has 6 nitrogen and oxygen atoms in total. The Hall–Kier alpha value is -2.08. The van der Waals surface area contributed by atoms with Gasteiger partial charge in [0.05, 0.1) is 17.4 Å². The van der Waals surface area contributed by atoms with Crippen molar-refractivity contribution in [3.8, 4) is 0 Å².